The number of nitrogens with zero attached hydrogens (tertiary/aromatic N) is 2. The van der Waals surface area contributed by atoms with Crippen molar-refractivity contribution in [2.24, 2.45) is 0 Å². The van der Waals surface area contributed by atoms with E-state index in [4.69, 9.17) is 4.74 Å². The second-order valence-corrected chi connectivity index (χ2v) is 7.29. The molecule has 2 aromatic carbocycles. The number of ether oxygens (including phenoxy) is 1. The number of para-hydroxylation sites is 1. The molecule has 0 saturated heterocycles. The Bertz CT molecular complexity index is 1130. The van der Waals surface area contributed by atoms with E-state index in [0.717, 1.165) is 18.2 Å². The van der Waals surface area contributed by atoms with Crippen molar-refractivity contribution in [1.82, 2.24) is 20.2 Å². The molecule has 2 N–H and O–H groups in total. The van der Waals surface area contributed by atoms with Crippen LogP contribution in [-0.2, 0) is 4.79 Å². The maximum absolute atomic E-state index is 13.2. The number of aromatic nitrogens is 2. The first-order valence-corrected chi connectivity index (χ1v) is 10.4. The fraction of sp³-hybridized carbons (Fsp3) is 0.238. The number of rotatable bonds is 7. The van der Waals surface area contributed by atoms with Crippen LogP contribution in [0.3, 0.4) is 0 Å². The van der Waals surface area contributed by atoms with Gasteiger partial charge in [-0.1, -0.05) is 36.9 Å². The van der Waals surface area contributed by atoms with E-state index in [1.807, 2.05) is 6.92 Å². The number of hydrogen-bond donors (Lipinski definition) is 2. The summed E-state index contributed by atoms with van der Waals surface area (Å²) in [7, 11) is 1.55. The average molecular weight is 426 g/mol. The highest BCUT2D eigenvalue weighted by Crippen LogP contribution is 2.23. The van der Waals surface area contributed by atoms with Gasteiger partial charge < -0.3 is 10.1 Å². The summed E-state index contributed by atoms with van der Waals surface area (Å²) in [5.41, 5.74) is 0.851. The third-order valence-corrected chi connectivity index (χ3v) is 5.12. The number of carbonyl (C=O) groups excluding carboxylic acids is 2. The number of benzene rings is 2. The van der Waals surface area contributed by atoms with Crippen LogP contribution >= 0.6 is 11.8 Å². The molecular formula is C21H22N4O4S. The van der Waals surface area contributed by atoms with Gasteiger partial charge in [0.15, 0.2) is 5.16 Å². The second-order valence-electron chi connectivity index (χ2n) is 6.35. The van der Waals surface area contributed by atoms with E-state index in [1.165, 1.54) is 4.57 Å². The minimum absolute atomic E-state index is 0.0751. The molecule has 1 aromatic heterocycles. The lowest BCUT2D eigenvalue weighted by Crippen LogP contribution is -2.40. The molecule has 3 amide bonds. The van der Waals surface area contributed by atoms with Crippen molar-refractivity contribution in [3.63, 3.8) is 0 Å². The molecule has 0 aliphatic heterocycles. The van der Waals surface area contributed by atoms with E-state index in [2.05, 4.69) is 15.6 Å². The van der Waals surface area contributed by atoms with Gasteiger partial charge in [0.25, 0.3) is 5.56 Å². The summed E-state index contributed by atoms with van der Waals surface area (Å²) in [5.74, 6) is 0.0379. The van der Waals surface area contributed by atoms with Gasteiger partial charge in [-0.15, -0.1) is 0 Å². The molecule has 0 aliphatic rings. The van der Waals surface area contributed by atoms with Gasteiger partial charge in [0.05, 0.1) is 29.5 Å². The topological polar surface area (TPSA) is 102 Å². The van der Waals surface area contributed by atoms with Crippen molar-refractivity contribution in [2.45, 2.75) is 18.5 Å². The smallest absolute Gasteiger partial charge is 0.321 e. The van der Waals surface area contributed by atoms with Crippen LogP contribution in [-0.4, -0.2) is 40.9 Å². The monoisotopic (exact) mass is 426 g/mol. The summed E-state index contributed by atoms with van der Waals surface area (Å²) >= 11 is 1.08. The Labute approximate surface area is 177 Å². The van der Waals surface area contributed by atoms with Crippen LogP contribution in [0.25, 0.3) is 16.6 Å². The lowest BCUT2D eigenvalue weighted by Gasteiger charge is -2.14. The summed E-state index contributed by atoms with van der Waals surface area (Å²) in [5, 5.41) is 5.66. The summed E-state index contributed by atoms with van der Waals surface area (Å²) in [6, 6.07) is 13.5. The summed E-state index contributed by atoms with van der Waals surface area (Å²) in [6.45, 7) is 2.40. The molecule has 30 heavy (non-hydrogen) atoms. The molecule has 3 aromatic rings. The first-order chi connectivity index (χ1) is 14.5. The van der Waals surface area contributed by atoms with Gasteiger partial charge in [-0.05, 0) is 30.7 Å². The van der Waals surface area contributed by atoms with Gasteiger partial charge >= 0.3 is 6.03 Å². The fourth-order valence-electron chi connectivity index (χ4n) is 2.76. The zero-order valence-corrected chi connectivity index (χ0v) is 17.5. The maximum atomic E-state index is 13.2. The van der Waals surface area contributed by atoms with Crippen molar-refractivity contribution in [1.29, 1.82) is 0 Å². The number of urea groups is 1. The highest BCUT2D eigenvalue weighted by Gasteiger charge is 2.16. The van der Waals surface area contributed by atoms with Crippen molar-refractivity contribution in [3.05, 3.63) is 58.9 Å². The number of fused-ring (bicyclic) bond motifs is 1. The van der Waals surface area contributed by atoms with E-state index in [-0.39, 0.29) is 11.3 Å². The normalized spacial score (nSPS) is 10.6. The van der Waals surface area contributed by atoms with Crippen molar-refractivity contribution < 1.29 is 14.3 Å². The molecule has 0 radical (unpaired) electrons. The minimum Gasteiger partial charge on any atom is -0.497 e. The molecule has 0 spiro atoms. The summed E-state index contributed by atoms with van der Waals surface area (Å²) in [6.07, 6.45) is 0.768. The molecule has 1 heterocycles. The van der Waals surface area contributed by atoms with Crippen molar-refractivity contribution in [2.75, 3.05) is 19.4 Å². The maximum Gasteiger partial charge on any atom is 0.321 e. The molecule has 0 unspecified atom stereocenters. The summed E-state index contributed by atoms with van der Waals surface area (Å²) < 4.78 is 6.71. The molecule has 0 saturated carbocycles. The summed E-state index contributed by atoms with van der Waals surface area (Å²) in [4.78, 5) is 41.6. The van der Waals surface area contributed by atoms with E-state index in [1.54, 1.807) is 55.6 Å². The van der Waals surface area contributed by atoms with Gasteiger partial charge in [0.1, 0.15) is 5.75 Å². The van der Waals surface area contributed by atoms with Crippen LogP contribution < -0.4 is 20.9 Å². The van der Waals surface area contributed by atoms with E-state index in [0.29, 0.717) is 34.0 Å². The van der Waals surface area contributed by atoms with E-state index < -0.39 is 11.9 Å². The number of thioether (sulfide) groups is 1. The third kappa shape index (κ3) is 4.98. The molecule has 0 bridgehead atoms. The van der Waals surface area contributed by atoms with Crippen LogP contribution in [0.5, 0.6) is 5.75 Å². The lowest BCUT2D eigenvalue weighted by molar-refractivity contribution is -0.117. The fourth-order valence-corrected chi connectivity index (χ4v) is 3.57. The average Bonchev–Trinajstić information content (AvgIpc) is 2.76. The Morgan fingerprint density at radius 1 is 1.17 bits per heavy atom. The Kier molecular flexibility index (Phi) is 7.08. The van der Waals surface area contributed by atoms with Crippen molar-refractivity contribution in [3.8, 4) is 11.4 Å². The van der Waals surface area contributed by atoms with E-state index >= 15 is 0 Å². The van der Waals surface area contributed by atoms with Gasteiger partial charge in [0, 0.05) is 12.6 Å². The second kappa shape index (κ2) is 9.93. The predicted octanol–water partition coefficient (Wildman–Crippen LogP) is 2.72. The molecular weight excluding hydrogens is 404 g/mol. The first-order valence-electron chi connectivity index (χ1n) is 9.40. The molecule has 0 atom stereocenters. The minimum atomic E-state index is -0.542. The molecule has 3 rings (SSSR count). The zero-order valence-electron chi connectivity index (χ0n) is 16.7. The zero-order chi connectivity index (χ0) is 21.5. The SMILES string of the molecule is CCCNC(=O)NC(=O)CSc1nc2ccccc2c(=O)n1-c1cccc(OC)c1. The number of methoxy groups -OCH3 is 1. The number of imide groups is 1. The Morgan fingerprint density at radius 2 is 1.97 bits per heavy atom. The van der Waals surface area contributed by atoms with Gasteiger partial charge in [-0.3, -0.25) is 19.5 Å². The molecule has 8 nitrogen and oxygen atoms in total. The number of hydrogen-bond acceptors (Lipinski definition) is 6. The Morgan fingerprint density at radius 3 is 2.73 bits per heavy atom. The van der Waals surface area contributed by atoms with Crippen LogP contribution in [0.1, 0.15) is 13.3 Å². The Balaban J connectivity index is 1.93. The van der Waals surface area contributed by atoms with Crippen LogP contribution in [0.2, 0.25) is 0 Å². The van der Waals surface area contributed by atoms with Gasteiger partial charge in [-0.2, -0.15) is 0 Å². The van der Waals surface area contributed by atoms with Crippen LogP contribution in [0.4, 0.5) is 4.79 Å². The highest BCUT2D eigenvalue weighted by molar-refractivity contribution is 7.99. The third-order valence-electron chi connectivity index (χ3n) is 4.18. The van der Waals surface area contributed by atoms with Gasteiger partial charge in [0.2, 0.25) is 5.91 Å². The van der Waals surface area contributed by atoms with Crippen LogP contribution in [0, 0.1) is 0 Å². The molecule has 0 fully saturated rings. The lowest BCUT2D eigenvalue weighted by atomic mass is 10.2. The van der Waals surface area contributed by atoms with Crippen molar-refractivity contribution >= 4 is 34.6 Å². The van der Waals surface area contributed by atoms with E-state index in [9.17, 15) is 14.4 Å². The van der Waals surface area contributed by atoms with Crippen LogP contribution in [0.15, 0.2) is 58.5 Å². The number of amides is 3. The standard InChI is InChI=1S/C21H22N4O4S/c1-3-11-22-20(28)24-18(26)13-30-21-23-17-10-5-4-9-16(17)19(27)25(21)14-7-6-8-15(12-14)29-2/h4-10,12H,3,11,13H2,1-2H3,(H2,22,24,26,28). The number of nitrogens with one attached hydrogen (secondary N) is 2. The quantitative estimate of drug-likeness (QED) is 0.445. The first kappa shape index (κ1) is 21.4. The largest absolute Gasteiger partial charge is 0.497 e. The number of carbonyl (C=O) groups is 2. The highest BCUT2D eigenvalue weighted by atomic mass is 32.2. The molecule has 156 valence electrons. The Hall–Kier alpha value is -3.33. The molecule has 9 heteroatoms. The van der Waals surface area contributed by atoms with Gasteiger partial charge in [-0.25, -0.2) is 9.78 Å². The predicted molar refractivity (Wildman–Crippen MR) is 116 cm³/mol. The molecule has 0 aliphatic carbocycles.